The summed E-state index contributed by atoms with van der Waals surface area (Å²) in [6, 6.07) is 3.52. The number of rotatable bonds is 2. The highest BCUT2D eigenvalue weighted by molar-refractivity contribution is 5.85. The first-order chi connectivity index (χ1) is 9.38. The molecule has 0 fully saturated rings. The molecule has 0 amide bonds. The molecule has 1 aliphatic rings. The average Bonchev–Trinajstić information content (AvgIpc) is 2.41. The number of carbonyl (C=O) groups excluding carboxylic acids is 1. The minimum absolute atomic E-state index is 0.384. The number of hydrogen-bond acceptors (Lipinski definition) is 4. The maximum absolute atomic E-state index is 13.4. The van der Waals surface area contributed by atoms with Gasteiger partial charge >= 0.3 is 5.97 Å². The Bertz CT molecular complexity index is 574. The van der Waals surface area contributed by atoms with E-state index < -0.39 is 23.3 Å². The monoisotopic (exact) mass is 282 g/mol. The molecule has 1 aromatic carbocycles. The van der Waals surface area contributed by atoms with Crippen molar-refractivity contribution in [3.05, 3.63) is 41.6 Å². The van der Waals surface area contributed by atoms with Gasteiger partial charge in [-0.3, -0.25) is 0 Å². The number of ether oxygens (including phenoxy) is 1. The van der Waals surface area contributed by atoms with Crippen LogP contribution >= 0.6 is 0 Å². The van der Waals surface area contributed by atoms with Gasteiger partial charge in [0.2, 0.25) is 5.66 Å². The fourth-order valence-electron chi connectivity index (χ4n) is 2.29. The minimum atomic E-state index is -1.17. The molecule has 1 unspecified atom stereocenters. The molecule has 108 valence electrons. The summed E-state index contributed by atoms with van der Waals surface area (Å²) in [5.41, 5.74) is 0.0440. The molecule has 0 saturated heterocycles. The number of esters is 1. The van der Waals surface area contributed by atoms with Gasteiger partial charge in [0, 0.05) is 24.0 Å². The van der Waals surface area contributed by atoms with Gasteiger partial charge < -0.3 is 15.0 Å². The third-order valence-electron chi connectivity index (χ3n) is 3.36. The fraction of sp³-hybridized carbons (Fsp3) is 0.357. The summed E-state index contributed by atoms with van der Waals surface area (Å²) < 4.78 is 31.2. The van der Waals surface area contributed by atoms with Crippen molar-refractivity contribution in [1.82, 2.24) is 5.32 Å². The van der Waals surface area contributed by atoms with E-state index in [9.17, 15) is 13.6 Å². The summed E-state index contributed by atoms with van der Waals surface area (Å²) in [5, 5.41) is 3.02. The third-order valence-corrected chi connectivity index (χ3v) is 3.36. The molecule has 20 heavy (non-hydrogen) atoms. The van der Waals surface area contributed by atoms with Crippen LogP contribution in [0, 0.1) is 11.6 Å². The highest BCUT2D eigenvalue weighted by atomic mass is 19.2. The number of benzene rings is 1. The van der Waals surface area contributed by atoms with Crippen LogP contribution in [0.1, 0.15) is 13.8 Å². The Hall–Kier alpha value is -2.11. The van der Waals surface area contributed by atoms with Gasteiger partial charge in [-0.05, 0) is 32.1 Å². The molecule has 1 N–H and O–H groups in total. The Labute approximate surface area is 116 Å². The second-order valence-electron chi connectivity index (χ2n) is 4.78. The molecule has 0 aliphatic carbocycles. The number of methoxy groups -OCH3 is 1. The van der Waals surface area contributed by atoms with E-state index in [2.05, 4.69) is 5.32 Å². The predicted octanol–water partition coefficient (Wildman–Crippen LogP) is 2.17. The second kappa shape index (κ2) is 5.11. The number of allylic oxidation sites excluding steroid dienone is 1. The summed E-state index contributed by atoms with van der Waals surface area (Å²) in [4.78, 5) is 13.7. The lowest BCUT2D eigenvalue weighted by Gasteiger charge is -2.44. The van der Waals surface area contributed by atoms with Crippen molar-refractivity contribution >= 4 is 11.7 Å². The minimum Gasteiger partial charge on any atom is -0.466 e. The van der Waals surface area contributed by atoms with E-state index in [0.29, 0.717) is 12.2 Å². The van der Waals surface area contributed by atoms with E-state index in [1.165, 1.54) is 13.2 Å². The number of halogens is 2. The molecule has 1 heterocycles. The van der Waals surface area contributed by atoms with E-state index in [0.717, 1.165) is 17.8 Å². The normalized spacial score (nSPS) is 22.1. The number of carbonyl (C=O) groups is 1. The number of anilines is 1. The summed E-state index contributed by atoms with van der Waals surface area (Å²) in [6.45, 7) is 3.84. The van der Waals surface area contributed by atoms with Crippen LogP contribution in [0.5, 0.6) is 0 Å². The molecule has 0 saturated carbocycles. The molecular weight excluding hydrogens is 266 g/mol. The Balaban J connectivity index is 2.46. The van der Waals surface area contributed by atoms with Gasteiger partial charge in [-0.2, -0.15) is 0 Å². The van der Waals surface area contributed by atoms with Gasteiger partial charge in [0.25, 0.3) is 0 Å². The van der Waals surface area contributed by atoms with Crippen LogP contribution in [-0.2, 0) is 9.53 Å². The summed E-state index contributed by atoms with van der Waals surface area (Å²) in [5.74, 6) is -2.39. The first-order valence-electron chi connectivity index (χ1n) is 6.14. The fourth-order valence-corrected chi connectivity index (χ4v) is 2.29. The highest BCUT2D eigenvalue weighted by Crippen LogP contribution is 2.28. The summed E-state index contributed by atoms with van der Waals surface area (Å²) in [6.07, 6.45) is 1.85. The average molecular weight is 282 g/mol. The van der Waals surface area contributed by atoms with Crippen molar-refractivity contribution in [1.29, 1.82) is 0 Å². The largest absolute Gasteiger partial charge is 0.466 e. The molecule has 6 heteroatoms. The van der Waals surface area contributed by atoms with Crippen molar-refractivity contribution in [2.45, 2.75) is 19.5 Å². The predicted molar refractivity (Wildman–Crippen MR) is 71.0 cm³/mol. The molecule has 0 aromatic heterocycles. The lowest BCUT2D eigenvalue weighted by Crippen LogP contribution is -2.64. The van der Waals surface area contributed by atoms with Crippen LogP contribution in [0.25, 0.3) is 0 Å². The van der Waals surface area contributed by atoms with E-state index in [1.54, 1.807) is 11.8 Å². The third kappa shape index (κ3) is 2.33. The van der Waals surface area contributed by atoms with Crippen molar-refractivity contribution < 1.29 is 18.3 Å². The van der Waals surface area contributed by atoms with Crippen LogP contribution in [0.15, 0.2) is 30.0 Å². The Kier molecular flexibility index (Phi) is 3.65. The van der Waals surface area contributed by atoms with Gasteiger partial charge in [-0.1, -0.05) is 0 Å². The molecule has 1 atom stereocenters. The van der Waals surface area contributed by atoms with E-state index in [4.69, 9.17) is 4.74 Å². The van der Waals surface area contributed by atoms with Crippen LogP contribution in [-0.4, -0.2) is 25.3 Å². The zero-order chi connectivity index (χ0) is 14.9. The SMILES string of the molecule is COC(=O)C1(C)NC(C)=CCN1c1ccc(F)c(F)c1. The highest BCUT2D eigenvalue weighted by Gasteiger charge is 2.42. The van der Waals surface area contributed by atoms with Crippen molar-refractivity contribution in [3.63, 3.8) is 0 Å². The Morgan fingerprint density at radius 3 is 2.70 bits per heavy atom. The van der Waals surface area contributed by atoms with Crippen molar-refractivity contribution in [2.75, 3.05) is 18.6 Å². The quantitative estimate of drug-likeness (QED) is 0.844. The van der Waals surface area contributed by atoms with Gasteiger partial charge in [0.05, 0.1) is 7.11 Å². The molecular formula is C14H16F2N2O2. The van der Waals surface area contributed by atoms with Gasteiger partial charge in [0.15, 0.2) is 11.6 Å². The molecule has 0 bridgehead atoms. The van der Waals surface area contributed by atoms with Crippen molar-refractivity contribution in [2.24, 2.45) is 0 Å². The van der Waals surface area contributed by atoms with Gasteiger partial charge in [-0.15, -0.1) is 0 Å². The number of hydrogen-bond donors (Lipinski definition) is 1. The number of nitrogens with zero attached hydrogens (tertiary/aromatic N) is 1. The smallest absolute Gasteiger partial charge is 0.352 e. The lowest BCUT2D eigenvalue weighted by atomic mass is 10.1. The summed E-state index contributed by atoms with van der Waals surface area (Å²) in [7, 11) is 1.28. The first-order valence-corrected chi connectivity index (χ1v) is 6.14. The Morgan fingerprint density at radius 2 is 2.10 bits per heavy atom. The summed E-state index contributed by atoms with van der Waals surface area (Å²) >= 11 is 0. The zero-order valence-electron chi connectivity index (χ0n) is 11.5. The lowest BCUT2D eigenvalue weighted by molar-refractivity contribution is -0.147. The van der Waals surface area contributed by atoms with Crippen LogP contribution < -0.4 is 10.2 Å². The Morgan fingerprint density at radius 1 is 1.40 bits per heavy atom. The molecule has 1 aromatic rings. The second-order valence-corrected chi connectivity index (χ2v) is 4.78. The van der Waals surface area contributed by atoms with Crippen LogP contribution in [0.3, 0.4) is 0 Å². The maximum Gasteiger partial charge on any atom is 0.352 e. The molecule has 0 radical (unpaired) electrons. The maximum atomic E-state index is 13.4. The van der Waals surface area contributed by atoms with Gasteiger partial charge in [0.1, 0.15) is 0 Å². The van der Waals surface area contributed by atoms with E-state index in [1.807, 2.05) is 13.0 Å². The first kappa shape index (κ1) is 14.3. The standard InChI is InChI=1S/C14H16F2N2O2/c1-9-6-7-18(14(2,17-9)13(19)20-3)10-4-5-11(15)12(16)8-10/h4-6,8,17H,7H2,1-3H3. The van der Waals surface area contributed by atoms with Crippen LogP contribution in [0.2, 0.25) is 0 Å². The van der Waals surface area contributed by atoms with E-state index >= 15 is 0 Å². The molecule has 4 nitrogen and oxygen atoms in total. The number of nitrogens with one attached hydrogen (secondary N) is 1. The van der Waals surface area contributed by atoms with Crippen molar-refractivity contribution in [3.8, 4) is 0 Å². The van der Waals surface area contributed by atoms with Gasteiger partial charge in [-0.25, -0.2) is 13.6 Å². The molecule has 0 spiro atoms. The van der Waals surface area contributed by atoms with E-state index in [-0.39, 0.29) is 0 Å². The topological polar surface area (TPSA) is 41.6 Å². The molecule has 2 rings (SSSR count). The molecule has 1 aliphatic heterocycles. The van der Waals surface area contributed by atoms with Crippen LogP contribution in [0.4, 0.5) is 14.5 Å². The zero-order valence-corrected chi connectivity index (χ0v) is 11.5.